The number of rotatable bonds is 0. The third-order valence-electron chi connectivity index (χ3n) is 2.42. The zero-order valence-electron chi connectivity index (χ0n) is 7.21. The van der Waals surface area contributed by atoms with E-state index in [9.17, 15) is 4.79 Å². The maximum Gasteiger partial charge on any atom is 0.163 e. The van der Waals surface area contributed by atoms with E-state index in [1.54, 1.807) is 0 Å². The van der Waals surface area contributed by atoms with Crippen LogP contribution in [0.15, 0.2) is 24.3 Å². The fourth-order valence-electron chi connectivity index (χ4n) is 1.84. The van der Waals surface area contributed by atoms with E-state index in [0.717, 1.165) is 18.4 Å². The summed E-state index contributed by atoms with van der Waals surface area (Å²) in [5.74, 6) is 0.830. The topological polar surface area (TPSA) is 17.1 Å². The molecule has 0 aromatic heterocycles. The predicted molar refractivity (Wildman–Crippen MR) is 48.3 cm³/mol. The van der Waals surface area contributed by atoms with E-state index < -0.39 is 0 Å². The van der Waals surface area contributed by atoms with Crippen molar-refractivity contribution >= 4 is 5.78 Å². The van der Waals surface area contributed by atoms with E-state index in [1.165, 1.54) is 5.56 Å². The Morgan fingerprint density at radius 2 is 2.00 bits per heavy atom. The normalized spacial score (nSPS) is 22.1. The van der Waals surface area contributed by atoms with Crippen molar-refractivity contribution in [3.05, 3.63) is 35.4 Å². The Balaban J connectivity index is 2.47. The first kappa shape index (κ1) is 7.53. The molecular weight excluding hydrogens is 148 g/mol. The van der Waals surface area contributed by atoms with Gasteiger partial charge in [0.2, 0.25) is 0 Å². The van der Waals surface area contributed by atoms with Gasteiger partial charge in [0.1, 0.15) is 0 Å². The highest BCUT2D eigenvalue weighted by Gasteiger charge is 2.20. The molecule has 1 aliphatic carbocycles. The van der Waals surface area contributed by atoms with Crippen molar-refractivity contribution in [2.24, 2.45) is 5.92 Å². The summed E-state index contributed by atoms with van der Waals surface area (Å²) in [6.45, 7) is 2.13. The van der Waals surface area contributed by atoms with Gasteiger partial charge in [0, 0.05) is 12.0 Å². The molecule has 0 bridgehead atoms. The molecule has 1 nitrogen and oxygen atoms in total. The fraction of sp³-hybridized carbons (Fsp3) is 0.364. The molecule has 0 radical (unpaired) electrons. The molecule has 62 valence electrons. The average molecular weight is 160 g/mol. The Labute approximate surface area is 72.4 Å². The van der Waals surface area contributed by atoms with Crippen LogP contribution < -0.4 is 0 Å². The van der Waals surface area contributed by atoms with Crippen LogP contribution in [0, 0.1) is 5.92 Å². The molecule has 0 heterocycles. The summed E-state index contributed by atoms with van der Waals surface area (Å²) in [5, 5.41) is 0. The number of fused-ring (bicyclic) bond motifs is 1. The van der Waals surface area contributed by atoms with Gasteiger partial charge in [0.05, 0.1) is 0 Å². The standard InChI is InChI=1S/C11H12O/c1-8-6-9-4-2-3-5-10(9)11(12)7-8/h2-5,8H,6-7H2,1H3. The summed E-state index contributed by atoms with van der Waals surface area (Å²) >= 11 is 0. The first-order valence-electron chi connectivity index (χ1n) is 4.38. The van der Waals surface area contributed by atoms with Gasteiger partial charge in [-0.1, -0.05) is 31.2 Å². The molecule has 0 fully saturated rings. The molecule has 1 atom stereocenters. The Kier molecular flexibility index (Phi) is 1.72. The second-order valence-corrected chi connectivity index (χ2v) is 3.59. The van der Waals surface area contributed by atoms with Crippen molar-refractivity contribution in [3.63, 3.8) is 0 Å². The van der Waals surface area contributed by atoms with Crippen molar-refractivity contribution in [1.82, 2.24) is 0 Å². The lowest BCUT2D eigenvalue weighted by Crippen LogP contribution is -2.17. The van der Waals surface area contributed by atoms with E-state index >= 15 is 0 Å². The van der Waals surface area contributed by atoms with Gasteiger partial charge in [-0.3, -0.25) is 4.79 Å². The van der Waals surface area contributed by atoms with E-state index in [-0.39, 0.29) is 0 Å². The largest absolute Gasteiger partial charge is 0.294 e. The number of Topliss-reactive ketones (excluding diaryl/α,β-unsaturated/α-hetero) is 1. The van der Waals surface area contributed by atoms with Gasteiger partial charge < -0.3 is 0 Å². The van der Waals surface area contributed by atoms with Crippen LogP contribution in [0.4, 0.5) is 0 Å². The van der Waals surface area contributed by atoms with E-state index in [1.807, 2.05) is 18.2 Å². The molecule has 0 saturated carbocycles. The number of carbonyl (C=O) groups excluding carboxylic acids is 1. The minimum Gasteiger partial charge on any atom is -0.294 e. The highest BCUT2D eigenvalue weighted by molar-refractivity contribution is 5.98. The summed E-state index contributed by atoms with van der Waals surface area (Å²) in [4.78, 5) is 11.5. The van der Waals surface area contributed by atoms with E-state index in [0.29, 0.717) is 11.7 Å². The lowest BCUT2D eigenvalue weighted by Gasteiger charge is -2.19. The van der Waals surface area contributed by atoms with Crippen molar-refractivity contribution in [2.45, 2.75) is 19.8 Å². The summed E-state index contributed by atoms with van der Waals surface area (Å²) in [7, 11) is 0. The monoisotopic (exact) mass is 160 g/mol. The predicted octanol–water partition coefficient (Wildman–Crippen LogP) is 2.45. The number of hydrogen-bond acceptors (Lipinski definition) is 1. The second kappa shape index (κ2) is 2.74. The average Bonchev–Trinajstić information content (AvgIpc) is 2.04. The van der Waals surface area contributed by atoms with E-state index in [2.05, 4.69) is 13.0 Å². The Morgan fingerprint density at radius 3 is 2.83 bits per heavy atom. The van der Waals surface area contributed by atoms with Crippen LogP contribution in [0.2, 0.25) is 0 Å². The van der Waals surface area contributed by atoms with Gasteiger partial charge in [-0.2, -0.15) is 0 Å². The molecule has 1 heteroatoms. The summed E-state index contributed by atoms with van der Waals surface area (Å²) < 4.78 is 0. The molecule has 0 spiro atoms. The Hall–Kier alpha value is -1.11. The van der Waals surface area contributed by atoms with Gasteiger partial charge in [0.15, 0.2) is 5.78 Å². The molecular formula is C11H12O. The SMILES string of the molecule is CC1CC(=O)c2ccccc2C1. The van der Waals surface area contributed by atoms with Crippen LogP contribution in [0.1, 0.15) is 29.3 Å². The molecule has 0 N–H and O–H groups in total. The highest BCUT2D eigenvalue weighted by atomic mass is 16.1. The number of benzene rings is 1. The molecule has 0 saturated heterocycles. The zero-order chi connectivity index (χ0) is 8.55. The highest BCUT2D eigenvalue weighted by Crippen LogP contribution is 2.24. The molecule has 1 unspecified atom stereocenters. The maximum atomic E-state index is 11.5. The minimum atomic E-state index is 0.310. The summed E-state index contributed by atoms with van der Waals surface area (Å²) in [6, 6.07) is 7.93. The first-order valence-corrected chi connectivity index (χ1v) is 4.38. The number of ketones is 1. The van der Waals surface area contributed by atoms with E-state index in [4.69, 9.17) is 0 Å². The number of hydrogen-bond donors (Lipinski definition) is 0. The zero-order valence-corrected chi connectivity index (χ0v) is 7.21. The molecule has 1 aliphatic rings. The van der Waals surface area contributed by atoms with Crippen molar-refractivity contribution in [3.8, 4) is 0 Å². The Bertz CT molecular complexity index is 315. The quantitative estimate of drug-likeness (QED) is 0.569. The van der Waals surface area contributed by atoms with Crippen LogP contribution in [0.3, 0.4) is 0 Å². The van der Waals surface area contributed by atoms with Gasteiger partial charge >= 0.3 is 0 Å². The van der Waals surface area contributed by atoms with Gasteiger partial charge in [0.25, 0.3) is 0 Å². The van der Waals surface area contributed by atoms with Crippen LogP contribution in [0.25, 0.3) is 0 Å². The van der Waals surface area contributed by atoms with Crippen molar-refractivity contribution < 1.29 is 4.79 Å². The van der Waals surface area contributed by atoms with Crippen LogP contribution in [-0.4, -0.2) is 5.78 Å². The molecule has 2 rings (SSSR count). The third-order valence-corrected chi connectivity index (χ3v) is 2.42. The van der Waals surface area contributed by atoms with Crippen molar-refractivity contribution in [2.75, 3.05) is 0 Å². The van der Waals surface area contributed by atoms with Crippen LogP contribution >= 0.6 is 0 Å². The van der Waals surface area contributed by atoms with Gasteiger partial charge in [-0.25, -0.2) is 0 Å². The maximum absolute atomic E-state index is 11.5. The molecule has 1 aromatic carbocycles. The third kappa shape index (κ3) is 1.15. The Morgan fingerprint density at radius 1 is 1.25 bits per heavy atom. The fourth-order valence-corrected chi connectivity index (χ4v) is 1.84. The second-order valence-electron chi connectivity index (χ2n) is 3.59. The lowest BCUT2D eigenvalue weighted by molar-refractivity contribution is 0.0953. The van der Waals surface area contributed by atoms with Gasteiger partial charge in [-0.05, 0) is 17.9 Å². The summed E-state index contributed by atoms with van der Waals surface area (Å²) in [5.41, 5.74) is 2.16. The molecule has 0 amide bonds. The van der Waals surface area contributed by atoms with Crippen LogP contribution in [0.5, 0.6) is 0 Å². The molecule has 12 heavy (non-hydrogen) atoms. The van der Waals surface area contributed by atoms with Crippen molar-refractivity contribution in [1.29, 1.82) is 0 Å². The molecule has 1 aromatic rings. The smallest absolute Gasteiger partial charge is 0.163 e. The van der Waals surface area contributed by atoms with Crippen LogP contribution in [-0.2, 0) is 6.42 Å². The molecule has 0 aliphatic heterocycles. The lowest BCUT2D eigenvalue weighted by atomic mass is 9.84. The summed E-state index contributed by atoms with van der Waals surface area (Å²) in [6.07, 6.45) is 1.78. The first-order chi connectivity index (χ1) is 5.77. The minimum absolute atomic E-state index is 0.310. The number of carbonyl (C=O) groups is 1. The van der Waals surface area contributed by atoms with Gasteiger partial charge in [-0.15, -0.1) is 0 Å².